The molecule has 3 heterocycles. The molecule has 8 nitrogen and oxygen atoms in total. The van der Waals surface area contributed by atoms with Crippen molar-refractivity contribution in [3.05, 3.63) is 101 Å². The molecule has 4 N–H and O–H groups in total. The van der Waals surface area contributed by atoms with E-state index in [4.69, 9.17) is 10.5 Å². The van der Waals surface area contributed by atoms with Gasteiger partial charge in [-0.2, -0.15) is 20.5 Å². The third-order valence-corrected chi connectivity index (χ3v) is 6.48. The van der Waals surface area contributed by atoms with Crippen LogP contribution in [0.5, 0.6) is 5.75 Å². The molecule has 3 aromatic carbocycles. The largest absolute Gasteiger partial charge is 0.489 e. The Balaban J connectivity index is 1.38. The second kappa shape index (κ2) is 9.23. The van der Waals surface area contributed by atoms with Gasteiger partial charge >= 0.3 is 0 Å². The number of nitrogens with one attached hydrogen (secondary N) is 2. The quantitative estimate of drug-likeness (QED) is 0.323. The van der Waals surface area contributed by atoms with Crippen LogP contribution in [0.15, 0.2) is 73.1 Å². The van der Waals surface area contributed by atoms with Gasteiger partial charge in [-0.1, -0.05) is 36.4 Å². The highest BCUT2D eigenvalue weighted by atomic mass is 16.5. The van der Waals surface area contributed by atoms with E-state index in [1.54, 1.807) is 0 Å². The molecular formula is C27H27N7O. The lowest BCUT2D eigenvalue weighted by atomic mass is 9.89. The molecule has 0 radical (unpaired) electrons. The van der Waals surface area contributed by atoms with Gasteiger partial charge in [0, 0.05) is 24.3 Å². The maximum Gasteiger partial charge on any atom is 0.120 e. The topological polar surface area (TPSA) is 107 Å². The molecule has 0 amide bonds. The average molecular weight is 466 g/mol. The number of fused-ring (bicyclic) bond motifs is 7. The molecule has 5 aromatic rings. The molecule has 176 valence electrons. The number of aromatic nitrogens is 5. The number of nitrogens with two attached hydrogens (primary N) is 1. The van der Waals surface area contributed by atoms with Crippen LogP contribution in [-0.2, 0) is 19.7 Å². The first-order valence-electron chi connectivity index (χ1n) is 11.8. The van der Waals surface area contributed by atoms with E-state index in [2.05, 4.69) is 68.4 Å². The van der Waals surface area contributed by atoms with Crippen LogP contribution in [0.2, 0.25) is 0 Å². The van der Waals surface area contributed by atoms with E-state index in [9.17, 15) is 0 Å². The lowest BCUT2D eigenvalue weighted by Crippen LogP contribution is -2.18. The standard InChI is InChI=1S/C27H27N7O/c28-22-11-25(27-26(12-22)31-33-32-27)24-7-8-29-13-18-3-1-5-20(9-18)17-35-23-6-2-4-19(10-23)15-34-16-21(24)14-30-34/h1-6,9-12,14,16,24,29H,7-8,13,15,17,28H2,(H,31,32,33). The highest BCUT2D eigenvalue weighted by molar-refractivity contribution is 5.82. The first kappa shape index (κ1) is 21.4. The number of hydrogen-bond acceptors (Lipinski definition) is 6. The third kappa shape index (κ3) is 4.61. The molecular weight excluding hydrogens is 438 g/mol. The Bertz CT molecular complexity index is 1470. The maximum atomic E-state index is 6.24. The van der Waals surface area contributed by atoms with Crippen molar-refractivity contribution in [2.45, 2.75) is 32.0 Å². The minimum absolute atomic E-state index is 0.0732. The minimum Gasteiger partial charge on any atom is -0.489 e. The molecule has 0 spiro atoms. The molecule has 1 unspecified atom stereocenters. The Morgan fingerprint density at radius 2 is 1.86 bits per heavy atom. The monoisotopic (exact) mass is 465 g/mol. The minimum atomic E-state index is 0.0732. The van der Waals surface area contributed by atoms with Crippen molar-refractivity contribution >= 4 is 16.7 Å². The van der Waals surface area contributed by atoms with E-state index in [0.717, 1.165) is 58.5 Å². The molecule has 1 aliphatic rings. The Morgan fingerprint density at radius 1 is 0.971 bits per heavy atom. The van der Waals surface area contributed by atoms with E-state index >= 15 is 0 Å². The van der Waals surface area contributed by atoms with Crippen molar-refractivity contribution in [3.8, 4) is 5.75 Å². The summed E-state index contributed by atoms with van der Waals surface area (Å²) in [6.45, 7) is 2.81. The Hall–Kier alpha value is -4.17. The number of ether oxygens (including phenoxy) is 1. The van der Waals surface area contributed by atoms with Crippen LogP contribution in [-0.4, -0.2) is 31.7 Å². The van der Waals surface area contributed by atoms with Crippen LogP contribution in [0.1, 0.15) is 40.2 Å². The van der Waals surface area contributed by atoms with E-state index in [1.165, 1.54) is 5.56 Å². The van der Waals surface area contributed by atoms with Crippen molar-refractivity contribution in [2.75, 3.05) is 12.3 Å². The highest BCUT2D eigenvalue weighted by Crippen LogP contribution is 2.33. The molecule has 0 saturated carbocycles. The highest BCUT2D eigenvalue weighted by Gasteiger charge is 2.21. The van der Waals surface area contributed by atoms with Crippen molar-refractivity contribution in [1.29, 1.82) is 0 Å². The summed E-state index contributed by atoms with van der Waals surface area (Å²) in [6, 6.07) is 20.6. The maximum absolute atomic E-state index is 6.24. The van der Waals surface area contributed by atoms with E-state index in [-0.39, 0.29) is 5.92 Å². The summed E-state index contributed by atoms with van der Waals surface area (Å²) < 4.78 is 8.06. The zero-order chi connectivity index (χ0) is 23.6. The van der Waals surface area contributed by atoms with Gasteiger partial charge in [-0.05, 0) is 65.0 Å². The number of rotatable bonds is 1. The van der Waals surface area contributed by atoms with E-state index in [0.29, 0.717) is 18.8 Å². The number of anilines is 1. The van der Waals surface area contributed by atoms with Crippen LogP contribution in [0.4, 0.5) is 5.69 Å². The van der Waals surface area contributed by atoms with Gasteiger partial charge < -0.3 is 15.8 Å². The summed E-state index contributed by atoms with van der Waals surface area (Å²) >= 11 is 0. The summed E-state index contributed by atoms with van der Waals surface area (Å²) in [5.41, 5.74) is 14.3. The zero-order valence-corrected chi connectivity index (χ0v) is 19.3. The fourth-order valence-corrected chi connectivity index (χ4v) is 4.81. The summed E-state index contributed by atoms with van der Waals surface area (Å²) in [7, 11) is 0. The molecule has 0 saturated heterocycles. The van der Waals surface area contributed by atoms with Gasteiger partial charge in [0.1, 0.15) is 23.4 Å². The Kier molecular flexibility index (Phi) is 5.64. The van der Waals surface area contributed by atoms with Crippen molar-refractivity contribution in [2.24, 2.45) is 0 Å². The first-order valence-corrected chi connectivity index (χ1v) is 11.8. The number of hydrogen-bond donors (Lipinski definition) is 3. The van der Waals surface area contributed by atoms with Gasteiger partial charge in [-0.3, -0.25) is 4.68 Å². The van der Waals surface area contributed by atoms with Gasteiger partial charge in [0.2, 0.25) is 0 Å². The lowest BCUT2D eigenvalue weighted by molar-refractivity contribution is 0.305. The molecule has 35 heavy (non-hydrogen) atoms. The summed E-state index contributed by atoms with van der Waals surface area (Å²) in [6.07, 6.45) is 4.94. The number of aromatic amines is 1. The summed E-state index contributed by atoms with van der Waals surface area (Å²) in [5, 5.41) is 19.7. The number of nitrogens with zero attached hydrogens (tertiary/aromatic N) is 4. The Labute approximate surface area is 203 Å². The van der Waals surface area contributed by atoms with Crippen LogP contribution >= 0.6 is 0 Å². The predicted octanol–water partition coefficient (Wildman–Crippen LogP) is 3.99. The van der Waals surface area contributed by atoms with Crippen LogP contribution in [0, 0.1) is 0 Å². The van der Waals surface area contributed by atoms with Crippen molar-refractivity contribution in [1.82, 2.24) is 30.5 Å². The fraction of sp³-hybridized carbons (Fsp3) is 0.222. The number of H-pyrrole nitrogens is 1. The van der Waals surface area contributed by atoms with E-state index in [1.807, 2.05) is 35.1 Å². The zero-order valence-electron chi connectivity index (χ0n) is 19.3. The SMILES string of the molecule is Nc1cc(C2CCNCc3cccc(c3)COc3cccc(c3)Cn3cc2cn3)c2n[nH]nc2c1. The molecule has 8 heteroatoms. The molecule has 6 bridgehead atoms. The second-order valence-electron chi connectivity index (χ2n) is 9.05. The number of benzene rings is 3. The van der Waals surface area contributed by atoms with Crippen LogP contribution < -0.4 is 15.8 Å². The lowest BCUT2D eigenvalue weighted by Gasteiger charge is -2.17. The predicted molar refractivity (Wildman–Crippen MR) is 135 cm³/mol. The molecule has 2 aromatic heterocycles. The smallest absolute Gasteiger partial charge is 0.120 e. The van der Waals surface area contributed by atoms with Crippen LogP contribution in [0.25, 0.3) is 11.0 Å². The Morgan fingerprint density at radius 3 is 2.83 bits per heavy atom. The van der Waals surface area contributed by atoms with Crippen molar-refractivity contribution < 1.29 is 4.74 Å². The molecule has 6 rings (SSSR count). The average Bonchev–Trinajstić information content (AvgIpc) is 3.52. The third-order valence-electron chi connectivity index (χ3n) is 6.48. The second-order valence-corrected chi connectivity index (χ2v) is 9.05. The first-order chi connectivity index (χ1) is 17.2. The van der Waals surface area contributed by atoms with Gasteiger partial charge in [0.25, 0.3) is 0 Å². The fourth-order valence-electron chi connectivity index (χ4n) is 4.81. The van der Waals surface area contributed by atoms with Gasteiger partial charge in [-0.25, -0.2) is 0 Å². The molecule has 0 fully saturated rings. The number of nitrogen functional groups attached to an aromatic ring is 1. The molecule has 1 aliphatic heterocycles. The van der Waals surface area contributed by atoms with Crippen molar-refractivity contribution in [3.63, 3.8) is 0 Å². The molecule has 1 atom stereocenters. The van der Waals surface area contributed by atoms with Gasteiger partial charge in [0.05, 0.1) is 12.7 Å². The summed E-state index contributed by atoms with van der Waals surface area (Å²) in [4.78, 5) is 0. The normalized spacial score (nSPS) is 16.5. The van der Waals surface area contributed by atoms with Gasteiger partial charge in [0.15, 0.2) is 0 Å². The molecule has 0 aliphatic carbocycles. The summed E-state index contributed by atoms with van der Waals surface area (Å²) in [5.74, 6) is 0.929. The van der Waals surface area contributed by atoms with Crippen LogP contribution in [0.3, 0.4) is 0 Å². The van der Waals surface area contributed by atoms with E-state index < -0.39 is 0 Å². The van der Waals surface area contributed by atoms with Gasteiger partial charge in [-0.15, -0.1) is 0 Å².